The van der Waals surface area contributed by atoms with Crippen LogP contribution in [0, 0.1) is 5.92 Å². The number of hydrogen-bond donors (Lipinski definition) is 3. The van der Waals surface area contributed by atoms with Gasteiger partial charge in [-0.2, -0.15) is 0 Å². The summed E-state index contributed by atoms with van der Waals surface area (Å²) in [6.07, 6.45) is 5.41. The first-order chi connectivity index (χ1) is 7.97. The van der Waals surface area contributed by atoms with Crippen molar-refractivity contribution in [2.24, 2.45) is 11.7 Å². The number of aliphatic hydroxyl groups excluding tert-OH is 1. The first-order valence-corrected chi connectivity index (χ1v) is 6.72. The molecule has 3 atom stereocenters. The Morgan fingerprint density at radius 3 is 2.71 bits per heavy atom. The molecule has 0 radical (unpaired) electrons. The highest BCUT2D eigenvalue weighted by molar-refractivity contribution is 5.85. The highest BCUT2D eigenvalue weighted by Crippen LogP contribution is 2.23. The van der Waals surface area contributed by atoms with Gasteiger partial charge in [-0.15, -0.1) is 0 Å². The van der Waals surface area contributed by atoms with Crippen LogP contribution in [0.1, 0.15) is 52.4 Å². The Hall–Kier alpha value is -0.610. The number of nitrogens with two attached hydrogens (primary N) is 1. The highest BCUT2D eigenvalue weighted by atomic mass is 16.3. The van der Waals surface area contributed by atoms with Gasteiger partial charge in [0.25, 0.3) is 0 Å². The highest BCUT2D eigenvalue weighted by Gasteiger charge is 2.29. The molecule has 100 valence electrons. The molecule has 1 aliphatic rings. The van der Waals surface area contributed by atoms with E-state index in [-0.39, 0.29) is 17.9 Å². The van der Waals surface area contributed by atoms with E-state index in [1.54, 1.807) is 6.92 Å². The number of carbonyl (C=O) groups excluding carboxylic acids is 1. The fraction of sp³-hybridized carbons (Fsp3) is 0.923. The van der Waals surface area contributed by atoms with E-state index < -0.39 is 5.54 Å². The van der Waals surface area contributed by atoms with Crippen LogP contribution in [0.25, 0.3) is 0 Å². The molecule has 1 rings (SSSR count). The van der Waals surface area contributed by atoms with E-state index in [9.17, 15) is 9.90 Å². The smallest absolute Gasteiger partial charge is 0.239 e. The summed E-state index contributed by atoms with van der Waals surface area (Å²) < 4.78 is 0. The minimum atomic E-state index is -0.783. The second-order valence-electron chi connectivity index (χ2n) is 5.49. The van der Waals surface area contributed by atoms with Gasteiger partial charge in [0.05, 0.1) is 11.6 Å². The van der Waals surface area contributed by atoms with E-state index in [0.717, 1.165) is 32.1 Å². The van der Waals surface area contributed by atoms with E-state index in [1.165, 1.54) is 0 Å². The van der Waals surface area contributed by atoms with Crippen molar-refractivity contribution in [2.45, 2.75) is 64.0 Å². The van der Waals surface area contributed by atoms with Crippen molar-refractivity contribution in [3.05, 3.63) is 0 Å². The second kappa shape index (κ2) is 6.36. The molecule has 1 amide bonds. The standard InChI is InChI=1S/C13H26N2O2/c1-3-8-13(2,14)12(17)15-9-10-6-4-5-7-11(10)16/h10-11,16H,3-9,14H2,1-2H3,(H,15,17). The van der Waals surface area contributed by atoms with Gasteiger partial charge in [-0.05, 0) is 26.2 Å². The molecule has 1 saturated carbocycles. The van der Waals surface area contributed by atoms with Gasteiger partial charge >= 0.3 is 0 Å². The van der Waals surface area contributed by atoms with E-state index in [4.69, 9.17) is 5.73 Å². The SMILES string of the molecule is CCCC(C)(N)C(=O)NCC1CCCCC1O. The van der Waals surface area contributed by atoms with Crippen LogP contribution in [-0.4, -0.2) is 29.2 Å². The Kier molecular flexibility index (Phi) is 5.40. The van der Waals surface area contributed by atoms with Crippen molar-refractivity contribution in [3.63, 3.8) is 0 Å². The van der Waals surface area contributed by atoms with Crippen LogP contribution in [0.2, 0.25) is 0 Å². The summed E-state index contributed by atoms with van der Waals surface area (Å²) in [5.41, 5.74) is 5.16. The van der Waals surface area contributed by atoms with Crippen molar-refractivity contribution >= 4 is 5.91 Å². The Balaban J connectivity index is 2.36. The van der Waals surface area contributed by atoms with Crippen LogP contribution < -0.4 is 11.1 Å². The van der Waals surface area contributed by atoms with Gasteiger partial charge in [-0.1, -0.05) is 26.2 Å². The van der Waals surface area contributed by atoms with Gasteiger partial charge in [0.1, 0.15) is 0 Å². The molecule has 4 N–H and O–H groups in total. The zero-order valence-electron chi connectivity index (χ0n) is 11.0. The van der Waals surface area contributed by atoms with Crippen molar-refractivity contribution in [2.75, 3.05) is 6.54 Å². The molecule has 0 bridgehead atoms. The maximum absolute atomic E-state index is 11.9. The summed E-state index contributed by atoms with van der Waals surface area (Å²) in [6, 6.07) is 0. The minimum absolute atomic E-state index is 0.0999. The normalized spacial score (nSPS) is 28.5. The lowest BCUT2D eigenvalue weighted by Gasteiger charge is -2.29. The molecule has 17 heavy (non-hydrogen) atoms. The van der Waals surface area contributed by atoms with Crippen LogP contribution in [-0.2, 0) is 4.79 Å². The molecule has 0 aromatic carbocycles. The molecule has 1 fully saturated rings. The molecule has 1 aliphatic carbocycles. The summed E-state index contributed by atoms with van der Waals surface area (Å²) in [6.45, 7) is 4.34. The lowest BCUT2D eigenvalue weighted by Crippen LogP contribution is -2.53. The van der Waals surface area contributed by atoms with Gasteiger partial charge in [0.15, 0.2) is 0 Å². The quantitative estimate of drug-likeness (QED) is 0.677. The predicted octanol–water partition coefficient (Wildman–Crippen LogP) is 1.17. The van der Waals surface area contributed by atoms with Gasteiger partial charge in [-0.3, -0.25) is 4.79 Å². The van der Waals surface area contributed by atoms with E-state index >= 15 is 0 Å². The summed E-state index contributed by atoms with van der Waals surface area (Å²) in [5.74, 6) is 0.0993. The zero-order valence-corrected chi connectivity index (χ0v) is 11.0. The van der Waals surface area contributed by atoms with Crippen LogP contribution in [0.5, 0.6) is 0 Å². The molecule has 3 unspecified atom stereocenters. The molecule has 0 aromatic rings. The topological polar surface area (TPSA) is 75.4 Å². The average Bonchev–Trinajstić information content (AvgIpc) is 2.27. The molecule has 4 heteroatoms. The number of rotatable bonds is 5. The number of hydrogen-bond acceptors (Lipinski definition) is 3. The molecule has 0 spiro atoms. The maximum atomic E-state index is 11.9. The monoisotopic (exact) mass is 242 g/mol. The zero-order chi connectivity index (χ0) is 12.9. The summed E-state index contributed by atoms with van der Waals surface area (Å²) in [7, 11) is 0. The Morgan fingerprint density at radius 1 is 1.47 bits per heavy atom. The molecule has 0 aliphatic heterocycles. The van der Waals surface area contributed by atoms with Gasteiger partial charge in [-0.25, -0.2) is 0 Å². The third-order valence-electron chi connectivity index (χ3n) is 3.68. The van der Waals surface area contributed by atoms with Gasteiger partial charge in [0.2, 0.25) is 5.91 Å². The van der Waals surface area contributed by atoms with Gasteiger partial charge in [0, 0.05) is 12.5 Å². The van der Waals surface area contributed by atoms with E-state index in [1.807, 2.05) is 6.92 Å². The average molecular weight is 242 g/mol. The first-order valence-electron chi connectivity index (χ1n) is 6.72. The van der Waals surface area contributed by atoms with Crippen LogP contribution >= 0.6 is 0 Å². The first kappa shape index (κ1) is 14.5. The second-order valence-corrected chi connectivity index (χ2v) is 5.49. The number of aliphatic hydroxyl groups is 1. The molecule has 4 nitrogen and oxygen atoms in total. The summed E-state index contributed by atoms with van der Waals surface area (Å²) >= 11 is 0. The van der Waals surface area contributed by atoms with Crippen molar-refractivity contribution in [1.82, 2.24) is 5.32 Å². The fourth-order valence-electron chi connectivity index (χ4n) is 2.48. The molecular formula is C13H26N2O2. The Labute approximate surface area is 104 Å². The fourth-order valence-corrected chi connectivity index (χ4v) is 2.48. The number of amides is 1. The van der Waals surface area contributed by atoms with Crippen molar-refractivity contribution in [3.8, 4) is 0 Å². The lowest BCUT2D eigenvalue weighted by molar-refractivity contribution is -0.126. The predicted molar refractivity (Wildman–Crippen MR) is 68.5 cm³/mol. The largest absolute Gasteiger partial charge is 0.393 e. The van der Waals surface area contributed by atoms with Crippen LogP contribution in [0.3, 0.4) is 0 Å². The minimum Gasteiger partial charge on any atom is -0.393 e. The third kappa shape index (κ3) is 4.28. The Bertz CT molecular complexity index is 254. The van der Waals surface area contributed by atoms with E-state index in [2.05, 4.69) is 5.32 Å². The third-order valence-corrected chi connectivity index (χ3v) is 3.68. The lowest BCUT2D eigenvalue weighted by atomic mass is 9.86. The summed E-state index contributed by atoms with van der Waals surface area (Å²) in [4.78, 5) is 11.9. The molecule has 0 aromatic heterocycles. The van der Waals surface area contributed by atoms with E-state index in [0.29, 0.717) is 13.0 Å². The number of carbonyl (C=O) groups is 1. The van der Waals surface area contributed by atoms with Crippen LogP contribution in [0.4, 0.5) is 0 Å². The maximum Gasteiger partial charge on any atom is 0.239 e. The summed E-state index contributed by atoms with van der Waals surface area (Å²) in [5, 5.41) is 12.7. The van der Waals surface area contributed by atoms with Crippen LogP contribution in [0.15, 0.2) is 0 Å². The van der Waals surface area contributed by atoms with Crippen molar-refractivity contribution in [1.29, 1.82) is 0 Å². The molecule has 0 heterocycles. The van der Waals surface area contributed by atoms with Crippen molar-refractivity contribution < 1.29 is 9.90 Å². The molecular weight excluding hydrogens is 216 g/mol. The van der Waals surface area contributed by atoms with Gasteiger partial charge < -0.3 is 16.2 Å². The molecule has 0 saturated heterocycles. The number of nitrogens with one attached hydrogen (secondary N) is 1. The Morgan fingerprint density at radius 2 is 2.12 bits per heavy atom.